The van der Waals surface area contributed by atoms with Crippen molar-refractivity contribution in [3.8, 4) is 5.75 Å². The second-order valence-electron chi connectivity index (χ2n) is 12.0. The molecule has 4 heterocycles. The molecule has 0 bridgehead atoms. The molecule has 1 aromatic carbocycles. The van der Waals surface area contributed by atoms with Crippen LogP contribution >= 0.6 is 0 Å². The number of rotatable bonds is 11. The lowest BCUT2D eigenvalue weighted by atomic mass is 9.91. The van der Waals surface area contributed by atoms with Gasteiger partial charge in [0.15, 0.2) is 12.2 Å². The van der Waals surface area contributed by atoms with Gasteiger partial charge in [-0.15, -0.1) is 0 Å². The summed E-state index contributed by atoms with van der Waals surface area (Å²) < 4.78 is 11.2. The maximum absolute atomic E-state index is 12.8. The third kappa shape index (κ3) is 7.97. The van der Waals surface area contributed by atoms with Crippen LogP contribution in [-0.4, -0.2) is 80.5 Å². The Morgan fingerprint density at radius 3 is 2.74 bits per heavy atom. The zero-order chi connectivity index (χ0) is 30.3. The van der Waals surface area contributed by atoms with Crippen LogP contribution in [0.2, 0.25) is 0 Å². The molecule has 5 rings (SSSR count). The summed E-state index contributed by atoms with van der Waals surface area (Å²) in [5, 5.41) is 13.5. The number of hydrogen-bond acceptors (Lipinski definition) is 9. The van der Waals surface area contributed by atoms with Crippen molar-refractivity contribution >= 4 is 11.8 Å². The van der Waals surface area contributed by atoms with E-state index in [1.165, 1.54) is 23.8 Å². The molecule has 1 atom stereocenters. The van der Waals surface area contributed by atoms with Crippen molar-refractivity contribution in [1.29, 1.82) is 0 Å². The number of likely N-dealkylation sites (tertiary alicyclic amines) is 1. The van der Waals surface area contributed by atoms with Gasteiger partial charge in [0.25, 0.3) is 5.91 Å². The summed E-state index contributed by atoms with van der Waals surface area (Å²) in [4.78, 5) is 41.7. The van der Waals surface area contributed by atoms with Gasteiger partial charge < -0.3 is 24.5 Å². The van der Waals surface area contributed by atoms with Crippen molar-refractivity contribution in [2.24, 2.45) is 11.8 Å². The minimum absolute atomic E-state index is 0.0187. The zero-order valence-corrected chi connectivity index (χ0v) is 25.3. The predicted octanol–water partition coefficient (Wildman–Crippen LogP) is 2.94. The highest BCUT2D eigenvalue weighted by atomic mass is 16.5. The number of carbonyl (C=O) groups excluding carboxylic acids is 2. The number of hydrogen-bond donors (Lipinski definition) is 2. The number of β-amino-alcohol motifs (C(OH)–C–C–N with tert-alkyl or cyclic N) is 1. The van der Waals surface area contributed by atoms with Crippen LogP contribution in [0.4, 0.5) is 0 Å². The molecule has 230 valence electrons. The lowest BCUT2D eigenvalue weighted by molar-refractivity contribution is -0.135. The first-order valence-electron chi connectivity index (χ1n) is 15.2. The monoisotopic (exact) mass is 590 g/mol. The molecule has 0 aliphatic carbocycles. The van der Waals surface area contributed by atoms with Crippen LogP contribution in [0.3, 0.4) is 0 Å². The summed E-state index contributed by atoms with van der Waals surface area (Å²) >= 11 is 0. The number of nitrogens with one attached hydrogen (secondary N) is 1. The van der Waals surface area contributed by atoms with Gasteiger partial charge in [0.1, 0.15) is 24.4 Å². The molecule has 2 aliphatic rings. The predicted molar refractivity (Wildman–Crippen MR) is 159 cm³/mol. The van der Waals surface area contributed by atoms with Gasteiger partial charge in [-0.1, -0.05) is 19.9 Å². The van der Waals surface area contributed by atoms with Crippen molar-refractivity contribution in [2.45, 2.75) is 65.7 Å². The molecule has 2 aromatic heterocycles. The topological polar surface area (TPSA) is 134 Å². The SMILES string of the molecule is Cc1c(OCc2cnco2)ccc2c1CCN(C[C@@H](O)CNC(=O)c1cc(CC3CCN(C(=O)C(C)C)CC3)ncn1)C2. The van der Waals surface area contributed by atoms with E-state index in [0.29, 0.717) is 30.5 Å². The van der Waals surface area contributed by atoms with Crippen LogP contribution in [0.5, 0.6) is 5.75 Å². The van der Waals surface area contributed by atoms with Gasteiger partial charge in [0, 0.05) is 50.9 Å². The first-order valence-corrected chi connectivity index (χ1v) is 15.2. The fourth-order valence-electron chi connectivity index (χ4n) is 5.97. The molecular formula is C32H42N6O5. The first-order chi connectivity index (χ1) is 20.8. The van der Waals surface area contributed by atoms with E-state index in [1.54, 1.807) is 12.3 Å². The summed E-state index contributed by atoms with van der Waals surface area (Å²) in [7, 11) is 0. The number of amides is 2. The molecule has 0 spiro atoms. The Labute approximate surface area is 252 Å². The molecule has 2 N–H and O–H groups in total. The number of aliphatic hydroxyl groups is 1. The summed E-state index contributed by atoms with van der Waals surface area (Å²) in [6.07, 6.45) is 7.22. The summed E-state index contributed by atoms with van der Waals surface area (Å²) in [5.41, 5.74) is 4.75. The van der Waals surface area contributed by atoms with Gasteiger partial charge in [0.2, 0.25) is 5.91 Å². The van der Waals surface area contributed by atoms with Crippen molar-refractivity contribution < 1.29 is 23.8 Å². The maximum atomic E-state index is 12.8. The van der Waals surface area contributed by atoms with Gasteiger partial charge in [-0.25, -0.2) is 15.0 Å². The standard InChI is InChI=1S/C32H42N6O5/c1-21(2)32(41)38-10-6-23(7-11-38)12-25-13-29(36-19-35-25)31(40)34-14-26(39)17-37-9-8-28-22(3)30(5-4-24(28)16-37)42-18-27-15-33-20-43-27/h4-5,13,15,19-21,23,26,39H,6-12,14,16-18H2,1-3H3,(H,34,40)/t26-/m0/s1. The quantitative estimate of drug-likeness (QED) is 0.346. The van der Waals surface area contributed by atoms with E-state index in [0.717, 1.165) is 68.9 Å². The van der Waals surface area contributed by atoms with E-state index in [4.69, 9.17) is 9.15 Å². The molecule has 1 saturated heterocycles. The maximum Gasteiger partial charge on any atom is 0.270 e. The molecule has 43 heavy (non-hydrogen) atoms. The van der Waals surface area contributed by atoms with E-state index < -0.39 is 6.10 Å². The van der Waals surface area contributed by atoms with Crippen molar-refractivity contribution in [2.75, 3.05) is 32.7 Å². The van der Waals surface area contributed by atoms with Gasteiger partial charge in [-0.3, -0.25) is 14.5 Å². The third-order valence-electron chi connectivity index (χ3n) is 8.41. The van der Waals surface area contributed by atoms with E-state index >= 15 is 0 Å². The molecule has 3 aromatic rings. The molecule has 11 heteroatoms. The minimum atomic E-state index is -0.712. The summed E-state index contributed by atoms with van der Waals surface area (Å²) in [6.45, 7) is 9.93. The van der Waals surface area contributed by atoms with Crippen LogP contribution in [0, 0.1) is 18.8 Å². The normalized spacial score (nSPS) is 16.6. The van der Waals surface area contributed by atoms with Gasteiger partial charge >= 0.3 is 0 Å². The van der Waals surface area contributed by atoms with E-state index in [-0.39, 0.29) is 24.3 Å². The number of ether oxygens (including phenoxy) is 1. The average molecular weight is 591 g/mol. The molecule has 2 aliphatic heterocycles. The van der Waals surface area contributed by atoms with E-state index in [9.17, 15) is 14.7 Å². The van der Waals surface area contributed by atoms with Crippen molar-refractivity contribution in [3.63, 3.8) is 0 Å². The molecule has 0 saturated carbocycles. The second kappa shape index (κ2) is 14.1. The Kier molecular flexibility index (Phi) is 10.0. The van der Waals surface area contributed by atoms with E-state index in [1.807, 2.05) is 24.8 Å². The lowest BCUT2D eigenvalue weighted by Crippen LogP contribution is -2.42. The van der Waals surface area contributed by atoms with Crippen molar-refractivity contribution in [3.05, 3.63) is 71.0 Å². The number of piperidine rings is 1. The molecular weight excluding hydrogens is 548 g/mol. The highest BCUT2D eigenvalue weighted by Crippen LogP contribution is 2.30. The number of carbonyl (C=O) groups is 2. The van der Waals surface area contributed by atoms with Crippen LogP contribution in [-0.2, 0) is 30.8 Å². The minimum Gasteiger partial charge on any atom is -0.485 e. The molecule has 2 amide bonds. The summed E-state index contributed by atoms with van der Waals surface area (Å²) in [5.74, 6) is 1.84. The molecule has 1 fully saturated rings. The largest absolute Gasteiger partial charge is 0.485 e. The lowest BCUT2D eigenvalue weighted by Gasteiger charge is -2.33. The fraction of sp³-hybridized carbons (Fsp3) is 0.531. The third-order valence-corrected chi connectivity index (χ3v) is 8.41. The highest BCUT2D eigenvalue weighted by molar-refractivity contribution is 5.92. The van der Waals surface area contributed by atoms with Gasteiger partial charge in [-0.05, 0) is 67.3 Å². The van der Waals surface area contributed by atoms with Crippen LogP contribution < -0.4 is 10.1 Å². The van der Waals surface area contributed by atoms with E-state index in [2.05, 4.69) is 38.2 Å². The molecule has 0 unspecified atom stereocenters. The number of aromatic nitrogens is 3. The Morgan fingerprint density at radius 1 is 1.19 bits per heavy atom. The van der Waals surface area contributed by atoms with Crippen molar-refractivity contribution in [1.82, 2.24) is 30.1 Å². The number of benzene rings is 1. The number of nitrogens with zero attached hydrogens (tertiary/aromatic N) is 5. The highest BCUT2D eigenvalue weighted by Gasteiger charge is 2.25. The first kappa shape index (κ1) is 30.6. The zero-order valence-electron chi connectivity index (χ0n) is 25.3. The van der Waals surface area contributed by atoms with Gasteiger partial charge in [0.05, 0.1) is 12.3 Å². The number of fused-ring (bicyclic) bond motifs is 1. The smallest absolute Gasteiger partial charge is 0.270 e. The molecule has 11 nitrogen and oxygen atoms in total. The summed E-state index contributed by atoms with van der Waals surface area (Å²) in [6, 6.07) is 5.80. The Morgan fingerprint density at radius 2 is 2.00 bits per heavy atom. The van der Waals surface area contributed by atoms with Crippen LogP contribution in [0.25, 0.3) is 0 Å². The second-order valence-corrected chi connectivity index (χ2v) is 12.0. The Bertz CT molecular complexity index is 1390. The number of oxazole rings is 1. The Balaban J connectivity index is 1.06. The average Bonchev–Trinajstić information content (AvgIpc) is 3.53. The van der Waals surface area contributed by atoms with Gasteiger partial charge in [-0.2, -0.15) is 0 Å². The fourth-order valence-corrected chi connectivity index (χ4v) is 5.97. The van der Waals surface area contributed by atoms with Crippen LogP contribution in [0.15, 0.2) is 41.5 Å². The van der Waals surface area contributed by atoms with Crippen LogP contribution in [0.1, 0.15) is 65.3 Å². The Hall–Kier alpha value is -3.83. The molecule has 0 radical (unpaired) electrons. The number of aliphatic hydroxyl groups excluding tert-OH is 1.